The van der Waals surface area contributed by atoms with Crippen molar-refractivity contribution < 1.29 is 5.11 Å². The lowest BCUT2D eigenvalue weighted by Crippen LogP contribution is -2.13. The molecule has 1 aromatic rings. The average molecular weight is 200 g/mol. The Morgan fingerprint density at radius 1 is 1.69 bits per heavy atom. The van der Waals surface area contributed by atoms with Gasteiger partial charge in [-0.1, -0.05) is 0 Å². The van der Waals surface area contributed by atoms with Crippen LogP contribution in [0.1, 0.15) is 24.8 Å². The maximum Gasteiger partial charge on any atom is 0.204 e. The summed E-state index contributed by atoms with van der Waals surface area (Å²) in [6.45, 7) is 0. The van der Waals surface area contributed by atoms with Gasteiger partial charge in [-0.15, -0.1) is 10.2 Å². The highest BCUT2D eigenvalue weighted by Gasteiger charge is 2.28. The monoisotopic (exact) mass is 200 g/mol. The predicted molar refractivity (Wildman–Crippen MR) is 49.2 cm³/mol. The van der Waals surface area contributed by atoms with Crippen LogP contribution in [0.2, 0.25) is 0 Å². The Kier molecular flexibility index (Phi) is 2.50. The largest absolute Gasteiger partial charge is 0.384 e. The number of aromatic nitrogens is 4. The Hall–Kier alpha value is -0.620. The molecule has 5 nitrogen and oxygen atoms in total. The third-order valence-electron chi connectivity index (χ3n) is 2.11. The molecule has 0 aliphatic carbocycles. The first-order valence-electron chi connectivity index (χ1n) is 4.31. The molecule has 0 aromatic carbocycles. The van der Waals surface area contributed by atoms with Crippen LogP contribution >= 0.6 is 11.8 Å². The van der Waals surface area contributed by atoms with Gasteiger partial charge in [0, 0.05) is 5.25 Å². The van der Waals surface area contributed by atoms with Crippen LogP contribution in [0, 0.1) is 0 Å². The van der Waals surface area contributed by atoms with Gasteiger partial charge in [0.25, 0.3) is 0 Å². The summed E-state index contributed by atoms with van der Waals surface area (Å²) in [6, 6.07) is 0. The first kappa shape index (κ1) is 8.96. The summed E-state index contributed by atoms with van der Waals surface area (Å²) >= 11 is 1.79. The summed E-state index contributed by atoms with van der Waals surface area (Å²) in [5, 5.41) is 21.6. The number of tetrazole rings is 1. The third kappa shape index (κ3) is 1.83. The molecule has 13 heavy (non-hydrogen) atoms. The molecule has 2 atom stereocenters. The molecule has 1 saturated heterocycles. The van der Waals surface area contributed by atoms with E-state index < -0.39 is 6.10 Å². The molecule has 1 aliphatic rings. The van der Waals surface area contributed by atoms with Crippen LogP contribution in [-0.2, 0) is 7.05 Å². The van der Waals surface area contributed by atoms with E-state index in [2.05, 4.69) is 15.4 Å². The number of thioether (sulfide) groups is 1. The second-order valence-electron chi connectivity index (χ2n) is 3.13. The van der Waals surface area contributed by atoms with Gasteiger partial charge in [-0.05, 0) is 23.8 Å². The van der Waals surface area contributed by atoms with Gasteiger partial charge in [-0.25, -0.2) is 0 Å². The van der Waals surface area contributed by atoms with Crippen molar-refractivity contribution in [3.8, 4) is 0 Å². The van der Waals surface area contributed by atoms with Gasteiger partial charge >= 0.3 is 0 Å². The van der Waals surface area contributed by atoms with Crippen molar-refractivity contribution in [2.45, 2.75) is 24.2 Å². The second-order valence-corrected chi connectivity index (χ2v) is 4.48. The molecule has 2 heterocycles. The van der Waals surface area contributed by atoms with E-state index in [0.717, 1.165) is 12.2 Å². The van der Waals surface area contributed by atoms with E-state index in [9.17, 15) is 5.11 Å². The molecule has 1 fully saturated rings. The Balaban J connectivity index is 2.07. The van der Waals surface area contributed by atoms with Crippen LogP contribution in [0.25, 0.3) is 0 Å². The Morgan fingerprint density at radius 3 is 3.08 bits per heavy atom. The van der Waals surface area contributed by atoms with Crippen molar-refractivity contribution >= 4 is 11.8 Å². The zero-order valence-electron chi connectivity index (χ0n) is 7.42. The number of aliphatic hydroxyl groups excluding tert-OH is 1. The predicted octanol–water partition coefficient (Wildman–Crippen LogP) is 0.139. The minimum Gasteiger partial charge on any atom is -0.384 e. The van der Waals surface area contributed by atoms with Gasteiger partial charge in [-0.3, -0.25) is 0 Å². The molecule has 0 saturated carbocycles. The summed E-state index contributed by atoms with van der Waals surface area (Å²) < 4.78 is 0. The molecule has 1 aliphatic heterocycles. The Bertz CT molecular complexity index is 284. The minimum atomic E-state index is -0.554. The first-order chi connectivity index (χ1) is 6.27. The zero-order valence-corrected chi connectivity index (χ0v) is 8.24. The van der Waals surface area contributed by atoms with Crippen molar-refractivity contribution in [2.24, 2.45) is 7.05 Å². The maximum absolute atomic E-state index is 9.83. The highest BCUT2D eigenvalue weighted by molar-refractivity contribution is 8.00. The molecule has 0 amide bonds. The fourth-order valence-corrected chi connectivity index (χ4v) is 2.71. The Labute approximate surface area is 80.5 Å². The zero-order chi connectivity index (χ0) is 9.26. The van der Waals surface area contributed by atoms with Gasteiger partial charge in [0.2, 0.25) is 5.82 Å². The average Bonchev–Trinajstić information content (AvgIpc) is 2.72. The SMILES string of the molecule is Cn1nnc(C(O)C2CCCS2)n1. The van der Waals surface area contributed by atoms with Crippen LogP contribution < -0.4 is 0 Å². The van der Waals surface area contributed by atoms with E-state index in [-0.39, 0.29) is 5.25 Å². The molecule has 0 radical (unpaired) electrons. The molecule has 6 heteroatoms. The molecule has 1 N–H and O–H groups in total. The van der Waals surface area contributed by atoms with Crippen LogP contribution in [0.15, 0.2) is 0 Å². The molecular formula is C7H12N4OS. The fourth-order valence-electron chi connectivity index (χ4n) is 1.43. The maximum atomic E-state index is 9.83. The fraction of sp³-hybridized carbons (Fsp3) is 0.857. The summed E-state index contributed by atoms with van der Waals surface area (Å²) in [7, 11) is 1.70. The number of hydrogen-bond acceptors (Lipinski definition) is 5. The molecule has 2 unspecified atom stereocenters. The summed E-state index contributed by atoms with van der Waals surface area (Å²) in [6.07, 6.45) is 1.66. The van der Waals surface area contributed by atoms with Gasteiger partial charge in [-0.2, -0.15) is 16.6 Å². The smallest absolute Gasteiger partial charge is 0.204 e. The van der Waals surface area contributed by atoms with Crippen LogP contribution in [0.5, 0.6) is 0 Å². The number of nitrogens with zero attached hydrogens (tertiary/aromatic N) is 4. The topological polar surface area (TPSA) is 63.8 Å². The standard InChI is InChI=1S/C7H12N4OS/c1-11-9-7(8-10-11)6(12)5-3-2-4-13-5/h5-6,12H,2-4H2,1H3. The van der Waals surface area contributed by atoms with Crippen LogP contribution in [-0.4, -0.2) is 36.3 Å². The number of rotatable bonds is 2. The molecule has 2 rings (SSSR count). The number of aliphatic hydroxyl groups is 1. The molecule has 72 valence electrons. The lowest BCUT2D eigenvalue weighted by molar-refractivity contribution is 0.163. The van der Waals surface area contributed by atoms with Crippen molar-refractivity contribution in [2.75, 3.05) is 5.75 Å². The van der Waals surface area contributed by atoms with Gasteiger partial charge in [0.05, 0.1) is 7.05 Å². The van der Waals surface area contributed by atoms with Crippen molar-refractivity contribution in [1.29, 1.82) is 0 Å². The van der Waals surface area contributed by atoms with Crippen molar-refractivity contribution in [3.63, 3.8) is 0 Å². The van der Waals surface area contributed by atoms with E-state index in [0.29, 0.717) is 5.82 Å². The van der Waals surface area contributed by atoms with Crippen molar-refractivity contribution in [3.05, 3.63) is 5.82 Å². The van der Waals surface area contributed by atoms with Gasteiger partial charge in [0.1, 0.15) is 6.10 Å². The van der Waals surface area contributed by atoms with Crippen LogP contribution in [0.4, 0.5) is 0 Å². The quantitative estimate of drug-likeness (QED) is 0.735. The molecule has 1 aromatic heterocycles. The highest BCUT2D eigenvalue weighted by Crippen LogP contribution is 2.34. The lowest BCUT2D eigenvalue weighted by atomic mass is 10.1. The molecular weight excluding hydrogens is 188 g/mol. The summed E-state index contributed by atoms with van der Waals surface area (Å²) in [5.74, 6) is 1.57. The highest BCUT2D eigenvalue weighted by atomic mass is 32.2. The van der Waals surface area contributed by atoms with Crippen molar-refractivity contribution in [1.82, 2.24) is 20.2 Å². The second kappa shape index (κ2) is 3.63. The molecule has 0 bridgehead atoms. The Morgan fingerprint density at radius 2 is 2.54 bits per heavy atom. The number of aryl methyl sites for hydroxylation is 1. The van der Waals surface area contributed by atoms with Gasteiger partial charge < -0.3 is 5.11 Å². The summed E-state index contributed by atoms with van der Waals surface area (Å²) in [5.41, 5.74) is 0. The van der Waals surface area contributed by atoms with E-state index in [1.54, 1.807) is 18.8 Å². The van der Waals surface area contributed by atoms with Crippen LogP contribution in [0.3, 0.4) is 0 Å². The van der Waals surface area contributed by atoms with E-state index in [4.69, 9.17) is 0 Å². The number of hydrogen-bond donors (Lipinski definition) is 1. The lowest BCUT2D eigenvalue weighted by Gasteiger charge is -2.12. The van der Waals surface area contributed by atoms with Gasteiger partial charge in [0.15, 0.2) is 0 Å². The third-order valence-corrected chi connectivity index (χ3v) is 3.55. The molecule has 0 spiro atoms. The minimum absolute atomic E-state index is 0.254. The summed E-state index contributed by atoms with van der Waals surface area (Å²) in [4.78, 5) is 1.37. The van der Waals surface area contributed by atoms with E-state index in [1.807, 2.05) is 0 Å². The normalized spacial score (nSPS) is 24.9. The van der Waals surface area contributed by atoms with E-state index >= 15 is 0 Å². The first-order valence-corrected chi connectivity index (χ1v) is 5.36. The van der Waals surface area contributed by atoms with E-state index in [1.165, 1.54) is 11.2 Å².